The molecule has 0 unspecified atom stereocenters. The molecule has 1 atom stereocenters. The van der Waals surface area contributed by atoms with E-state index in [2.05, 4.69) is 5.32 Å². The Morgan fingerprint density at radius 2 is 1.94 bits per heavy atom. The molecule has 3 aliphatic rings. The number of alkyl carbamates (subject to hydrolysis) is 1. The van der Waals surface area contributed by atoms with Crippen LogP contribution in [0.3, 0.4) is 0 Å². The van der Waals surface area contributed by atoms with Crippen LogP contribution < -0.4 is 11.1 Å². The molecule has 3 N–H and O–H groups in total. The van der Waals surface area contributed by atoms with Crippen LogP contribution in [0.25, 0.3) is 0 Å². The Morgan fingerprint density at radius 3 is 2.41 bits per heavy atom. The van der Waals surface area contributed by atoms with Gasteiger partial charge in [-0.15, -0.1) is 0 Å². The van der Waals surface area contributed by atoms with E-state index in [1.807, 2.05) is 20.8 Å². The first-order valence-electron chi connectivity index (χ1n) is 6.57. The Balaban J connectivity index is 1.93. The third-order valence-corrected chi connectivity index (χ3v) is 3.99. The number of nitrogens with one attached hydrogen (secondary N) is 1. The lowest BCUT2D eigenvalue weighted by Gasteiger charge is -2.50. The van der Waals surface area contributed by atoms with Gasteiger partial charge in [0.25, 0.3) is 0 Å². The molecule has 0 aromatic carbocycles. The fourth-order valence-electron chi connectivity index (χ4n) is 3.02. The molecule has 98 valence electrons. The molecule has 0 aromatic heterocycles. The largest absolute Gasteiger partial charge is 0.444 e. The van der Waals surface area contributed by atoms with Gasteiger partial charge in [0.2, 0.25) is 0 Å². The molecule has 2 bridgehead atoms. The summed E-state index contributed by atoms with van der Waals surface area (Å²) < 4.78 is 5.29. The number of carbonyl (C=O) groups excluding carboxylic acids is 1. The summed E-state index contributed by atoms with van der Waals surface area (Å²) in [5.41, 5.74) is 5.73. The summed E-state index contributed by atoms with van der Waals surface area (Å²) in [6.07, 6.45) is 5.15. The predicted octanol–water partition coefficient (Wildman–Crippen LogP) is 2.17. The van der Waals surface area contributed by atoms with Crippen molar-refractivity contribution in [2.45, 2.75) is 70.1 Å². The van der Waals surface area contributed by atoms with Crippen LogP contribution in [-0.2, 0) is 4.74 Å². The number of amides is 1. The van der Waals surface area contributed by atoms with Gasteiger partial charge in [0.15, 0.2) is 0 Å². The van der Waals surface area contributed by atoms with E-state index in [1.165, 1.54) is 12.8 Å². The quantitative estimate of drug-likeness (QED) is 0.738. The Labute approximate surface area is 103 Å². The van der Waals surface area contributed by atoms with Gasteiger partial charge in [-0.05, 0) is 58.8 Å². The summed E-state index contributed by atoms with van der Waals surface area (Å²) in [6, 6.07) is 0.0878. The van der Waals surface area contributed by atoms with Crippen molar-refractivity contribution in [3.8, 4) is 0 Å². The Kier molecular flexibility index (Phi) is 3.10. The lowest BCUT2D eigenvalue weighted by Crippen LogP contribution is -2.64. The van der Waals surface area contributed by atoms with E-state index >= 15 is 0 Å². The summed E-state index contributed by atoms with van der Waals surface area (Å²) in [4.78, 5) is 11.8. The topological polar surface area (TPSA) is 64.3 Å². The molecule has 0 saturated heterocycles. The fourth-order valence-corrected chi connectivity index (χ4v) is 3.02. The maximum atomic E-state index is 11.8. The zero-order chi connectivity index (χ0) is 12.7. The average Bonchev–Trinajstić information content (AvgIpc) is 2.17. The van der Waals surface area contributed by atoms with Gasteiger partial charge in [-0.3, -0.25) is 0 Å². The lowest BCUT2D eigenvalue weighted by atomic mass is 9.63. The standard InChI is InChI=1S/C13H24N2O2/c1-12(2,3)17-11(16)15-10-8-9-4-6-13(10,14)7-5-9/h9-10H,4-8,14H2,1-3H3,(H,15,16)/t9?,10-,13?/m1/s1. The Morgan fingerprint density at radius 1 is 1.35 bits per heavy atom. The zero-order valence-electron chi connectivity index (χ0n) is 11.1. The number of hydrogen-bond acceptors (Lipinski definition) is 3. The van der Waals surface area contributed by atoms with Crippen LogP contribution in [0.2, 0.25) is 0 Å². The molecule has 0 spiro atoms. The van der Waals surface area contributed by atoms with Gasteiger partial charge in [-0.2, -0.15) is 0 Å². The summed E-state index contributed by atoms with van der Waals surface area (Å²) >= 11 is 0. The van der Waals surface area contributed by atoms with Crippen molar-refractivity contribution in [1.82, 2.24) is 5.32 Å². The first-order valence-corrected chi connectivity index (χ1v) is 6.57. The third kappa shape index (κ3) is 2.92. The molecule has 3 rings (SSSR count). The minimum atomic E-state index is -0.445. The number of carbonyl (C=O) groups is 1. The Hall–Kier alpha value is -0.770. The van der Waals surface area contributed by atoms with E-state index in [9.17, 15) is 4.79 Å². The molecule has 4 nitrogen and oxygen atoms in total. The first-order chi connectivity index (χ1) is 7.78. The highest BCUT2D eigenvalue weighted by molar-refractivity contribution is 5.68. The van der Waals surface area contributed by atoms with E-state index in [0.717, 1.165) is 25.2 Å². The molecule has 0 heterocycles. The van der Waals surface area contributed by atoms with Crippen molar-refractivity contribution in [2.75, 3.05) is 0 Å². The fraction of sp³-hybridized carbons (Fsp3) is 0.923. The van der Waals surface area contributed by atoms with Gasteiger partial charge in [0.05, 0.1) is 6.04 Å². The van der Waals surface area contributed by atoms with E-state index in [0.29, 0.717) is 0 Å². The van der Waals surface area contributed by atoms with Gasteiger partial charge in [-0.1, -0.05) is 0 Å². The second-order valence-corrected chi connectivity index (χ2v) is 6.61. The van der Waals surface area contributed by atoms with Crippen LogP contribution >= 0.6 is 0 Å². The first kappa shape index (κ1) is 12.7. The molecule has 3 fully saturated rings. The van der Waals surface area contributed by atoms with Crippen molar-refractivity contribution in [3.63, 3.8) is 0 Å². The average molecular weight is 240 g/mol. The zero-order valence-corrected chi connectivity index (χ0v) is 11.1. The Bertz CT molecular complexity index is 301. The molecule has 0 radical (unpaired) electrons. The lowest BCUT2D eigenvalue weighted by molar-refractivity contribution is 0.0351. The van der Waals surface area contributed by atoms with Crippen LogP contribution in [0.4, 0.5) is 4.79 Å². The molecular weight excluding hydrogens is 216 g/mol. The summed E-state index contributed by atoms with van der Waals surface area (Å²) in [5, 5.41) is 2.96. The van der Waals surface area contributed by atoms with Gasteiger partial charge in [0, 0.05) is 5.54 Å². The highest BCUT2D eigenvalue weighted by Gasteiger charge is 2.46. The van der Waals surface area contributed by atoms with E-state index < -0.39 is 5.60 Å². The summed E-state index contributed by atoms with van der Waals surface area (Å²) in [5.74, 6) is 0.736. The van der Waals surface area contributed by atoms with Gasteiger partial charge in [-0.25, -0.2) is 4.79 Å². The SMILES string of the molecule is CC(C)(C)OC(=O)N[C@@H]1CC2CCC1(N)CC2. The van der Waals surface area contributed by atoms with Crippen molar-refractivity contribution in [3.05, 3.63) is 0 Å². The highest BCUT2D eigenvalue weighted by atomic mass is 16.6. The van der Waals surface area contributed by atoms with Crippen molar-refractivity contribution >= 4 is 6.09 Å². The minimum absolute atomic E-state index is 0.0878. The normalized spacial score (nSPS) is 36.7. The van der Waals surface area contributed by atoms with Crippen LogP contribution in [0, 0.1) is 5.92 Å². The van der Waals surface area contributed by atoms with E-state index in [-0.39, 0.29) is 17.7 Å². The summed E-state index contributed by atoms with van der Waals surface area (Å²) in [7, 11) is 0. The van der Waals surface area contributed by atoms with E-state index in [1.54, 1.807) is 0 Å². The molecule has 1 amide bonds. The number of nitrogens with two attached hydrogens (primary N) is 1. The van der Waals surface area contributed by atoms with Crippen LogP contribution in [0.5, 0.6) is 0 Å². The van der Waals surface area contributed by atoms with Crippen molar-refractivity contribution in [1.29, 1.82) is 0 Å². The number of fused-ring (bicyclic) bond motifs is 3. The number of ether oxygens (including phenoxy) is 1. The highest BCUT2D eigenvalue weighted by Crippen LogP contribution is 2.42. The molecule has 3 aliphatic carbocycles. The van der Waals surface area contributed by atoms with Crippen LogP contribution in [0.1, 0.15) is 52.9 Å². The maximum absolute atomic E-state index is 11.8. The number of hydrogen-bond donors (Lipinski definition) is 2. The molecule has 17 heavy (non-hydrogen) atoms. The molecule has 3 saturated carbocycles. The van der Waals surface area contributed by atoms with Crippen molar-refractivity contribution in [2.24, 2.45) is 11.7 Å². The molecule has 0 aliphatic heterocycles. The van der Waals surface area contributed by atoms with Crippen molar-refractivity contribution < 1.29 is 9.53 Å². The maximum Gasteiger partial charge on any atom is 0.407 e. The second-order valence-electron chi connectivity index (χ2n) is 6.61. The second kappa shape index (κ2) is 4.16. The molecule has 4 heteroatoms. The van der Waals surface area contributed by atoms with Crippen LogP contribution in [-0.4, -0.2) is 23.3 Å². The van der Waals surface area contributed by atoms with E-state index in [4.69, 9.17) is 10.5 Å². The smallest absolute Gasteiger partial charge is 0.407 e. The van der Waals surface area contributed by atoms with Gasteiger partial charge < -0.3 is 15.8 Å². The predicted molar refractivity (Wildman–Crippen MR) is 66.7 cm³/mol. The minimum Gasteiger partial charge on any atom is -0.444 e. The molecule has 0 aromatic rings. The summed E-state index contributed by atoms with van der Waals surface area (Å²) in [6.45, 7) is 5.62. The van der Waals surface area contributed by atoms with Gasteiger partial charge in [0.1, 0.15) is 5.60 Å². The molecular formula is C13H24N2O2. The monoisotopic (exact) mass is 240 g/mol. The van der Waals surface area contributed by atoms with Crippen LogP contribution in [0.15, 0.2) is 0 Å². The third-order valence-electron chi connectivity index (χ3n) is 3.99. The van der Waals surface area contributed by atoms with Gasteiger partial charge >= 0.3 is 6.09 Å². The number of rotatable bonds is 1.